The molecular formula is C9H7NO4. The van der Waals surface area contributed by atoms with Crippen molar-refractivity contribution in [2.45, 2.75) is 12.1 Å². The van der Waals surface area contributed by atoms with Crippen molar-refractivity contribution < 1.29 is 14.5 Å². The Morgan fingerprint density at radius 1 is 1.50 bits per heavy atom. The molecule has 0 aliphatic carbocycles. The van der Waals surface area contributed by atoms with Crippen molar-refractivity contribution in [2.24, 2.45) is 0 Å². The third-order valence-electron chi connectivity index (χ3n) is 2.20. The molecule has 1 unspecified atom stereocenters. The highest BCUT2D eigenvalue weighted by Gasteiger charge is 2.51. The minimum atomic E-state index is -1.91. The first-order valence-corrected chi connectivity index (χ1v) is 4.06. The van der Waals surface area contributed by atoms with Crippen molar-refractivity contribution in [3.63, 3.8) is 0 Å². The number of para-hydroxylation sites is 1. The van der Waals surface area contributed by atoms with Gasteiger partial charge in [-0.15, -0.1) is 0 Å². The van der Waals surface area contributed by atoms with Gasteiger partial charge in [-0.2, -0.15) is 0 Å². The summed E-state index contributed by atoms with van der Waals surface area (Å²) >= 11 is 0. The maximum Gasteiger partial charge on any atom is 0.423 e. The number of fused-ring (bicyclic) bond motifs is 1. The van der Waals surface area contributed by atoms with Crippen LogP contribution in [0, 0.1) is 10.1 Å². The lowest BCUT2D eigenvalue weighted by Gasteiger charge is -2.11. The van der Waals surface area contributed by atoms with E-state index in [2.05, 4.69) is 0 Å². The van der Waals surface area contributed by atoms with Crippen LogP contribution in [0.25, 0.3) is 0 Å². The van der Waals surface area contributed by atoms with Crippen molar-refractivity contribution in [1.82, 2.24) is 0 Å². The molecule has 0 aromatic heterocycles. The number of ether oxygens (including phenoxy) is 1. The van der Waals surface area contributed by atoms with Gasteiger partial charge in [-0.25, -0.2) is 0 Å². The van der Waals surface area contributed by atoms with E-state index in [0.717, 1.165) is 0 Å². The fourth-order valence-corrected chi connectivity index (χ4v) is 1.46. The van der Waals surface area contributed by atoms with Crippen LogP contribution in [-0.2, 0) is 11.2 Å². The quantitative estimate of drug-likeness (QED) is 0.395. The van der Waals surface area contributed by atoms with Gasteiger partial charge in [-0.1, -0.05) is 18.2 Å². The molecule has 0 saturated heterocycles. The molecule has 1 heterocycles. The van der Waals surface area contributed by atoms with Crippen molar-refractivity contribution >= 4 is 6.29 Å². The Bertz CT molecular complexity index is 377. The summed E-state index contributed by atoms with van der Waals surface area (Å²) in [7, 11) is 0. The standard InChI is InChI=1S/C9H7NO4/c11-6-9(10(12)13)5-7-3-1-2-4-8(7)14-9/h1-4,6H,5H2. The molecule has 0 fully saturated rings. The van der Waals surface area contributed by atoms with Crippen molar-refractivity contribution in [3.8, 4) is 5.75 Å². The van der Waals surface area contributed by atoms with Crippen molar-refractivity contribution in [2.75, 3.05) is 0 Å². The SMILES string of the molecule is O=CC1([N+](=O)[O-])Cc2ccccc2O1. The Balaban J connectivity index is 2.42. The van der Waals surface area contributed by atoms with E-state index in [1.165, 1.54) is 0 Å². The molecule has 5 nitrogen and oxygen atoms in total. The van der Waals surface area contributed by atoms with E-state index < -0.39 is 10.6 Å². The molecule has 0 amide bonds. The summed E-state index contributed by atoms with van der Waals surface area (Å²) in [5.41, 5.74) is -1.22. The van der Waals surface area contributed by atoms with E-state index in [1.54, 1.807) is 24.3 Å². The largest absolute Gasteiger partial charge is 0.423 e. The number of carbonyl (C=O) groups excluding carboxylic acids is 1. The predicted molar refractivity (Wildman–Crippen MR) is 46.6 cm³/mol. The molecule has 1 atom stereocenters. The average molecular weight is 193 g/mol. The zero-order valence-corrected chi connectivity index (χ0v) is 7.17. The normalized spacial score (nSPS) is 23.7. The fraction of sp³-hybridized carbons (Fsp3) is 0.222. The number of hydrogen-bond donors (Lipinski definition) is 0. The number of carbonyl (C=O) groups is 1. The van der Waals surface area contributed by atoms with E-state index in [4.69, 9.17) is 4.74 Å². The molecule has 0 bridgehead atoms. The Kier molecular flexibility index (Phi) is 1.73. The number of hydrogen-bond acceptors (Lipinski definition) is 4. The van der Waals surface area contributed by atoms with Crippen LogP contribution in [0.2, 0.25) is 0 Å². The van der Waals surface area contributed by atoms with Gasteiger partial charge >= 0.3 is 5.72 Å². The van der Waals surface area contributed by atoms with Gasteiger partial charge in [0.05, 0.1) is 11.3 Å². The van der Waals surface area contributed by atoms with Crippen LogP contribution < -0.4 is 4.74 Å². The van der Waals surface area contributed by atoms with Gasteiger partial charge in [-0.3, -0.25) is 14.9 Å². The highest BCUT2D eigenvalue weighted by atomic mass is 16.7. The molecule has 1 aromatic rings. The fourth-order valence-electron chi connectivity index (χ4n) is 1.46. The molecule has 14 heavy (non-hydrogen) atoms. The van der Waals surface area contributed by atoms with Crippen molar-refractivity contribution in [3.05, 3.63) is 39.9 Å². The monoisotopic (exact) mass is 193 g/mol. The first-order valence-electron chi connectivity index (χ1n) is 4.06. The summed E-state index contributed by atoms with van der Waals surface area (Å²) in [5.74, 6) is 0.413. The van der Waals surface area contributed by atoms with Crippen LogP contribution in [0.4, 0.5) is 0 Å². The Morgan fingerprint density at radius 2 is 2.21 bits per heavy atom. The van der Waals surface area contributed by atoms with Gasteiger partial charge in [-0.05, 0) is 6.07 Å². The van der Waals surface area contributed by atoms with Gasteiger partial charge in [0.2, 0.25) is 6.29 Å². The molecule has 1 aliphatic heterocycles. The minimum Gasteiger partial charge on any atom is -0.422 e. The Labute approximate surface area is 79.4 Å². The summed E-state index contributed by atoms with van der Waals surface area (Å²) in [6.07, 6.45) is 0.243. The molecule has 5 heteroatoms. The van der Waals surface area contributed by atoms with Crippen LogP contribution in [0.1, 0.15) is 5.56 Å². The third kappa shape index (κ3) is 1.06. The lowest BCUT2D eigenvalue weighted by molar-refractivity contribution is -0.589. The lowest BCUT2D eigenvalue weighted by atomic mass is 10.1. The summed E-state index contributed by atoms with van der Waals surface area (Å²) in [4.78, 5) is 20.7. The van der Waals surface area contributed by atoms with Crippen LogP contribution in [0.5, 0.6) is 5.75 Å². The van der Waals surface area contributed by atoms with Gasteiger partial charge in [0.25, 0.3) is 0 Å². The zero-order valence-electron chi connectivity index (χ0n) is 7.17. The van der Waals surface area contributed by atoms with E-state index >= 15 is 0 Å². The van der Waals surface area contributed by atoms with Crippen LogP contribution in [0.15, 0.2) is 24.3 Å². The lowest BCUT2D eigenvalue weighted by Crippen LogP contribution is -2.44. The van der Waals surface area contributed by atoms with Gasteiger partial charge < -0.3 is 4.74 Å². The number of aldehydes is 1. The molecule has 0 spiro atoms. The molecule has 0 N–H and O–H groups in total. The summed E-state index contributed by atoms with van der Waals surface area (Å²) in [6.45, 7) is 0. The zero-order chi connectivity index (χ0) is 10.2. The van der Waals surface area contributed by atoms with E-state index in [0.29, 0.717) is 11.3 Å². The van der Waals surface area contributed by atoms with Crippen LogP contribution in [0.3, 0.4) is 0 Å². The first kappa shape index (κ1) is 8.68. The maximum absolute atomic E-state index is 10.7. The number of nitrogens with zero attached hydrogens (tertiary/aromatic N) is 1. The minimum absolute atomic E-state index is 0.000324. The van der Waals surface area contributed by atoms with Gasteiger partial charge in [0.1, 0.15) is 5.75 Å². The number of nitro groups is 1. The highest BCUT2D eigenvalue weighted by Crippen LogP contribution is 2.33. The highest BCUT2D eigenvalue weighted by molar-refractivity contribution is 5.64. The first-order chi connectivity index (χ1) is 6.68. The van der Waals surface area contributed by atoms with E-state index in [9.17, 15) is 14.9 Å². The van der Waals surface area contributed by atoms with Crippen LogP contribution in [-0.4, -0.2) is 16.9 Å². The van der Waals surface area contributed by atoms with E-state index in [1.807, 2.05) is 0 Å². The Hall–Kier alpha value is -1.91. The molecule has 72 valence electrons. The van der Waals surface area contributed by atoms with Crippen LogP contribution >= 0.6 is 0 Å². The molecule has 0 saturated carbocycles. The number of rotatable bonds is 2. The summed E-state index contributed by atoms with van der Waals surface area (Å²) < 4.78 is 5.04. The molecule has 0 radical (unpaired) electrons. The predicted octanol–water partition coefficient (Wildman–Crippen LogP) is 0.793. The second kappa shape index (κ2) is 2.80. The summed E-state index contributed by atoms with van der Waals surface area (Å²) in [5, 5.41) is 10.7. The second-order valence-electron chi connectivity index (χ2n) is 3.11. The van der Waals surface area contributed by atoms with Gasteiger partial charge in [0, 0.05) is 5.56 Å². The Morgan fingerprint density at radius 3 is 2.79 bits per heavy atom. The van der Waals surface area contributed by atoms with Gasteiger partial charge in [0.15, 0.2) is 0 Å². The maximum atomic E-state index is 10.7. The molecular weight excluding hydrogens is 186 g/mol. The third-order valence-corrected chi connectivity index (χ3v) is 2.20. The number of benzene rings is 1. The van der Waals surface area contributed by atoms with Crippen molar-refractivity contribution in [1.29, 1.82) is 0 Å². The summed E-state index contributed by atoms with van der Waals surface area (Å²) in [6, 6.07) is 6.79. The smallest absolute Gasteiger partial charge is 0.422 e. The molecule has 2 rings (SSSR count). The molecule has 1 aromatic carbocycles. The molecule has 1 aliphatic rings. The topological polar surface area (TPSA) is 69.4 Å². The second-order valence-corrected chi connectivity index (χ2v) is 3.11. The average Bonchev–Trinajstić information content (AvgIpc) is 2.57. The van der Waals surface area contributed by atoms with E-state index in [-0.39, 0.29) is 12.7 Å².